The largest absolute Gasteiger partial charge is 0.103 e. The fourth-order valence-corrected chi connectivity index (χ4v) is 4.71. The van der Waals surface area contributed by atoms with E-state index in [-0.39, 0.29) is 0 Å². The van der Waals surface area contributed by atoms with E-state index in [1.165, 1.54) is 66.3 Å². The highest BCUT2D eigenvalue weighted by molar-refractivity contribution is 6.30. The quantitative estimate of drug-likeness (QED) is 0.362. The van der Waals surface area contributed by atoms with Crippen LogP contribution >= 0.6 is 11.6 Å². The van der Waals surface area contributed by atoms with Gasteiger partial charge in [-0.05, 0) is 90.3 Å². The van der Waals surface area contributed by atoms with Gasteiger partial charge in [0.15, 0.2) is 0 Å². The first-order chi connectivity index (χ1) is 14.2. The van der Waals surface area contributed by atoms with E-state index in [0.717, 1.165) is 16.9 Å². The molecule has 0 saturated heterocycles. The molecular weight excluding hydrogens is 372 g/mol. The predicted octanol–water partition coefficient (Wildman–Crippen LogP) is 8.91. The summed E-state index contributed by atoms with van der Waals surface area (Å²) in [7, 11) is 0. The molecule has 1 aliphatic rings. The van der Waals surface area contributed by atoms with E-state index in [1.54, 1.807) is 0 Å². The molecule has 0 bridgehead atoms. The molecule has 0 N–H and O–H groups in total. The predicted molar refractivity (Wildman–Crippen MR) is 126 cm³/mol. The van der Waals surface area contributed by atoms with Crippen molar-refractivity contribution in [3.8, 4) is 22.3 Å². The lowest BCUT2D eigenvalue weighted by Gasteiger charge is -2.28. The van der Waals surface area contributed by atoms with Crippen LogP contribution in [0.3, 0.4) is 0 Å². The molecular formula is C28H29Cl. The molecule has 3 aromatic carbocycles. The average Bonchev–Trinajstić information content (AvgIpc) is 2.79. The molecule has 0 atom stereocenters. The van der Waals surface area contributed by atoms with Gasteiger partial charge in [-0.25, -0.2) is 0 Å². The van der Waals surface area contributed by atoms with Gasteiger partial charge in [0.25, 0.3) is 0 Å². The topological polar surface area (TPSA) is 0 Å². The van der Waals surface area contributed by atoms with Gasteiger partial charge in [0, 0.05) is 5.02 Å². The molecule has 29 heavy (non-hydrogen) atoms. The van der Waals surface area contributed by atoms with Crippen LogP contribution in [-0.4, -0.2) is 0 Å². The Labute approximate surface area is 180 Å². The highest BCUT2D eigenvalue weighted by atomic mass is 35.5. The zero-order chi connectivity index (χ0) is 20.1. The normalized spacial score (nSPS) is 19.1. The lowest BCUT2D eigenvalue weighted by Crippen LogP contribution is -2.13. The number of hydrogen-bond acceptors (Lipinski definition) is 0. The lowest BCUT2D eigenvalue weighted by atomic mass is 9.77. The van der Waals surface area contributed by atoms with Crippen LogP contribution in [0.1, 0.15) is 50.0 Å². The van der Waals surface area contributed by atoms with Crippen LogP contribution in [0.2, 0.25) is 5.02 Å². The van der Waals surface area contributed by atoms with E-state index in [2.05, 4.69) is 73.3 Å². The Hall–Kier alpha value is -2.31. The van der Waals surface area contributed by atoms with Crippen LogP contribution in [0.15, 0.2) is 85.5 Å². The minimum absolute atomic E-state index is 0.733. The second kappa shape index (κ2) is 9.46. The van der Waals surface area contributed by atoms with Crippen LogP contribution in [-0.2, 0) is 0 Å². The summed E-state index contributed by atoms with van der Waals surface area (Å²) < 4.78 is 0. The lowest BCUT2D eigenvalue weighted by molar-refractivity contribution is 0.312. The van der Waals surface area contributed by atoms with Gasteiger partial charge in [0.2, 0.25) is 0 Å². The van der Waals surface area contributed by atoms with E-state index < -0.39 is 0 Å². The molecule has 0 radical (unpaired) electrons. The van der Waals surface area contributed by atoms with Crippen LogP contribution in [0.4, 0.5) is 0 Å². The Balaban J connectivity index is 1.40. The Bertz CT molecular complexity index is 912. The van der Waals surface area contributed by atoms with Crippen LogP contribution in [0.25, 0.3) is 22.3 Å². The Morgan fingerprint density at radius 3 is 1.62 bits per heavy atom. The summed E-state index contributed by atoms with van der Waals surface area (Å²) in [6.45, 7) is 3.86. The van der Waals surface area contributed by atoms with E-state index in [1.807, 2.05) is 12.1 Å². The molecule has 0 aliphatic heterocycles. The summed E-state index contributed by atoms with van der Waals surface area (Å²) >= 11 is 6.00. The van der Waals surface area contributed by atoms with Crippen molar-refractivity contribution in [3.05, 3.63) is 96.0 Å². The van der Waals surface area contributed by atoms with Crippen molar-refractivity contribution in [2.45, 2.75) is 44.4 Å². The van der Waals surface area contributed by atoms with Crippen molar-refractivity contribution < 1.29 is 0 Å². The van der Waals surface area contributed by atoms with Crippen molar-refractivity contribution in [2.24, 2.45) is 5.92 Å². The third-order valence-corrected chi connectivity index (χ3v) is 6.66. The van der Waals surface area contributed by atoms with E-state index in [9.17, 15) is 0 Å². The summed E-state index contributed by atoms with van der Waals surface area (Å²) in [6, 6.07) is 26.1. The molecule has 0 nitrogen and oxygen atoms in total. The SMILES string of the molecule is C=CCCC1CCC(c2ccc(-c3ccc(-c4ccc(Cl)cc4)cc3)cc2)CC1. The van der Waals surface area contributed by atoms with Crippen molar-refractivity contribution in [2.75, 3.05) is 0 Å². The van der Waals surface area contributed by atoms with Crippen LogP contribution < -0.4 is 0 Å². The molecule has 4 rings (SSSR count). The second-order valence-electron chi connectivity index (χ2n) is 8.29. The third-order valence-electron chi connectivity index (χ3n) is 6.40. The molecule has 0 aromatic heterocycles. The number of allylic oxidation sites excluding steroid dienone is 1. The molecule has 0 heterocycles. The Morgan fingerprint density at radius 2 is 1.14 bits per heavy atom. The summed E-state index contributed by atoms with van der Waals surface area (Å²) in [5, 5.41) is 0.774. The fraction of sp³-hybridized carbons (Fsp3) is 0.286. The fourth-order valence-electron chi connectivity index (χ4n) is 4.58. The minimum atomic E-state index is 0.733. The molecule has 148 valence electrons. The van der Waals surface area contributed by atoms with Crippen molar-refractivity contribution >= 4 is 11.6 Å². The van der Waals surface area contributed by atoms with E-state index in [0.29, 0.717) is 0 Å². The zero-order valence-corrected chi connectivity index (χ0v) is 17.7. The van der Waals surface area contributed by atoms with Crippen molar-refractivity contribution in [1.82, 2.24) is 0 Å². The third kappa shape index (κ3) is 5.00. The standard InChI is InChI=1S/C28H29Cl/c1-2-3-4-21-5-7-22(8-6-21)23-9-11-24(12-10-23)25-13-15-26(16-14-25)27-17-19-28(29)20-18-27/h2,9-22H,1,3-8H2. The van der Waals surface area contributed by atoms with E-state index in [4.69, 9.17) is 11.6 Å². The summed E-state index contributed by atoms with van der Waals surface area (Å²) in [4.78, 5) is 0. The summed E-state index contributed by atoms with van der Waals surface area (Å²) in [5.74, 6) is 1.64. The van der Waals surface area contributed by atoms with Crippen molar-refractivity contribution in [3.63, 3.8) is 0 Å². The molecule has 0 spiro atoms. The Kier molecular flexibility index (Phi) is 6.52. The number of rotatable bonds is 6. The number of benzene rings is 3. The Morgan fingerprint density at radius 1 is 0.690 bits per heavy atom. The molecule has 3 aromatic rings. The molecule has 0 amide bonds. The van der Waals surface area contributed by atoms with Gasteiger partial charge in [-0.2, -0.15) is 0 Å². The maximum absolute atomic E-state index is 6.00. The smallest absolute Gasteiger partial charge is 0.0406 e. The highest BCUT2D eigenvalue weighted by Crippen LogP contribution is 2.38. The van der Waals surface area contributed by atoms with Gasteiger partial charge in [0.05, 0.1) is 0 Å². The highest BCUT2D eigenvalue weighted by Gasteiger charge is 2.21. The minimum Gasteiger partial charge on any atom is -0.103 e. The summed E-state index contributed by atoms with van der Waals surface area (Å²) in [6.07, 6.45) is 9.95. The first kappa shape index (κ1) is 20.0. The van der Waals surface area contributed by atoms with Gasteiger partial charge in [-0.3, -0.25) is 0 Å². The van der Waals surface area contributed by atoms with Crippen LogP contribution in [0.5, 0.6) is 0 Å². The van der Waals surface area contributed by atoms with Gasteiger partial charge in [0.1, 0.15) is 0 Å². The van der Waals surface area contributed by atoms with Crippen LogP contribution in [0, 0.1) is 5.92 Å². The molecule has 1 heteroatoms. The maximum atomic E-state index is 6.00. The summed E-state index contributed by atoms with van der Waals surface area (Å²) in [5.41, 5.74) is 6.47. The van der Waals surface area contributed by atoms with Gasteiger partial charge in [-0.1, -0.05) is 78.3 Å². The molecule has 1 saturated carbocycles. The first-order valence-electron chi connectivity index (χ1n) is 10.8. The number of hydrogen-bond donors (Lipinski definition) is 0. The van der Waals surface area contributed by atoms with Gasteiger partial charge < -0.3 is 0 Å². The molecule has 0 unspecified atom stereocenters. The first-order valence-corrected chi connectivity index (χ1v) is 11.2. The second-order valence-corrected chi connectivity index (χ2v) is 8.73. The van der Waals surface area contributed by atoms with Gasteiger partial charge >= 0.3 is 0 Å². The molecule has 1 aliphatic carbocycles. The van der Waals surface area contributed by atoms with Gasteiger partial charge in [-0.15, -0.1) is 6.58 Å². The van der Waals surface area contributed by atoms with E-state index >= 15 is 0 Å². The number of halogens is 1. The maximum Gasteiger partial charge on any atom is 0.0406 e. The molecule has 1 fully saturated rings. The monoisotopic (exact) mass is 400 g/mol. The average molecular weight is 401 g/mol. The zero-order valence-electron chi connectivity index (χ0n) is 17.0. The van der Waals surface area contributed by atoms with Crippen molar-refractivity contribution in [1.29, 1.82) is 0 Å².